The third kappa shape index (κ3) is 4.22. The van der Waals surface area contributed by atoms with Gasteiger partial charge >= 0.3 is 5.97 Å². The van der Waals surface area contributed by atoms with Crippen LogP contribution in [0.25, 0.3) is 6.08 Å². The van der Waals surface area contributed by atoms with Gasteiger partial charge in [0.1, 0.15) is 17.6 Å². The van der Waals surface area contributed by atoms with Crippen molar-refractivity contribution >= 4 is 21.9 Å². The van der Waals surface area contributed by atoms with Crippen molar-refractivity contribution in [3.05, 3.63) is 29.8 Å². The van der Waals surface area contributed by atoms with Gasteiger partial charge in [-0.25, -0.2) is 13.2 Å². The second-order valence-electron chi connectivity index (χ2n) is 4.72. The molecule has 0 radical (unpaired) electrons. The summed E-state index contributed by atoms with van der Waals surface area (Å²) in [5.41, 5.74) is 0.529. The molecule has 0 saturated carbocycles. The number of carboxylic acid groups (broad SMARTS) is 1. The molecule has 1 N–H and O–H groups in total. The van der Waals surface area contributed by atoms with Crippen molar-refractivity contribution in [1.82, 2.24) is 0 Å². The number of carbonyl (C=O) groups is 1. The predicted octanol–water partition coefficient (Wildman–Crippen LogP) is 1.36. The molecule has 1 atom stereocenters. The lowest BCUT2D eigenvalue weighted by Gasteiger charge is -2.15. The molecule has 0 spiro atoms. The summed E-state index contributed by atoms with van der Waals surface area (Å²) in [5.74, 6) is 0.0314. The Morgan fingerprint density at radius 2 is 2.19 bits per heavy atom. The van der Waals surface area contributed by atoms with Gasteiger partial charge in [0.2, 0.25) is 0 Å². The van der Waals surface area contributed by atoms with E-state index in [0.717, 1.165) is 6.08 Å². The van der Waals surface area contributed by atoms with E-state index >= 15 is 0 Å². The van der Waals surface area contributed by atoms with E-state index in [0.29, 0.717) is 23.5 Å². The number of hydrogen-bond donors (Lipinski definition) is 1. The highest BCUT2D eigenvalue weighted by Crippen LogP contribution is 2.28. The minimum Gasteiger partial charge on any atom is -0.497 e. The topological polar surface area (TPSA) is 89.9 Å². The van der Waals surface area contributed by atoms with Crippen LogP contribution in [0.4, 0.5) is 0 Å². The van der Waals surface area contributed by atoms with Gasteiger partial charge in [-0.1, -0.05) is 0 Å². The van der Waals surface area contributed by atoms with Crippen LogP contribution in [0.15, 0.2) is 24.3 Å². The summed E-state index contributed by atoms with van der Waals surface area (Å²) in [6, 6.07) is 4.96. The van der Waals surface area contributed by atoms with Crippen molar-refractivity contribution in [3.8, 4) is 11.5 Å². The normalized spacial score (nSPS) is 20.5. The first-order chi connectivity index (χ1) is 9.89. The highest BCUT2D eigenvalue weighted by molar-refractivity contribution is 7.91. The van der Waals surface area contributed by atoms with Gasteiger partial charge in [-0.3, -0.25) is 0 Å². The number of hydrogen-bond acceptors (Lipinski definition) is 5. The van der Waals surface area contributed by atoms with Crippen molar-refractivity contribution in [2.45, 2.75) is 12.5 Å². The first kappa shape index (κ1) is 15.4. The lowest BCUT2D eigenvalue weighted by Crippen LogP contribution is -2.18. The highest BCUT2D eigenvalue weighted by Gasteiger charge is 2.29. The molecule has 0 aromatic heterocycles. The van der Waals surface area contributed by atoms with Gasteiger partial charge in [0.15, 0.2) is 9.84 Å². The Kier molecular flexibility index (Phi) is 4.52. The van der Waals surface area contributed by atoms with Crippen molar-refractivity contribution in [2.75, 3.05) is 18.6 Å². The minimum absolute atomic E-state index is 0.0128. The Labute approximate surface area is 122 Å². The van der Waals surface area contributed by atoms with Crippen LogP contribution in [0.5, 0.6) is 11.5 Å². The van der Waals surface area contributed by atoms with E-state index in [-0.39, 0.29) is 11.5 Å². The Balaban J connectivity index is 2.23. The zero-order chi connectivity index (χ0) is 15.5. The van der Waals surface area contributed by atoms with Crippen LogP contribution in [0, 0.1) is 0 Å². The molecule has 1 unspecified atom stereocenters. The maximum Gasteiger partial charge on any atom is 0.328 e. The second kappa shape index (κ2) is 6.17. The highest BCUT2D eigenvalue weighted by atomic mass is 32.2. The predicted molar refractivity (Wildman–Crippen MR) is 77.4 cm³/mol. The van der Waals surface area contributed by atoms with Gasteiger partial charge in [0.25, 0.3) is 0 Å². The first-order valence-electron chi connectivity index (χ1n) is 6.36. The zero-order valence-electron chi connectivity index (χ0n) is 11.5. The van der Waals surface area contributed by atoms with Gasteiger partial charge in [-0.2, -0.15) is 0 Å². The first-order valence-corrected chi connectivity index (χ1v) is 8.18. The van der Waals surface area contributed by atoms with Crippen molar-refractivity contribution in [3.63, 3.8) is 0 Å². The van der Waals surface area contributed by atoms with Crippen LogP contribution in [-0.4, -0.2) is 44.2 Å². The molecular formula is C14H16O6S. The molecule has 21 heavy (non-hydrogen) atoms. The van der Waals surface area contributed by atoms with Crippen molar-refractivity contribution in [2.24, 2.45) is 0 Å². The molecule has 1 aromatic rings. The molecule has 2 rings (SSSR count). The molecule has 1 aliphatic rings. The number of aliphatic carboxylic acids is 1. The van der Waals surface area contributed by atoms with Crippen LogP contribution in [0.2, 0.25) is 0 Å². The summed E-state index contributed by atoms with van der Waals surface area (Å²) in [4.78, 5) is 10.6. The molecule has 0 bridgehead atoms. The Morgan fingerprint density at radius 3 is 2.76 bits per heavy atom. The average Bonchev–Trinajstić information content (AvgIpc) is 2.76. The summed E-state index contributed by atoms with van der Waals surface area (Å²) in [6.07, 6.45) is 2.42. The Bertz CT molecular complexity index is 662. The number of sulfone groups is 1. The Morgan fingerprint density at radius 1 is 1.43 bits per heavy atom. The van der Waals surface area contributed by atoms with Gasteiger partial charge in [0, 0.05) is 11.6 Å². The molecule has 6 nitrogen and oxygen atoms in total. The molecule has 1 heterocycles. The van der Waals surface area contributed by atoms with Gasteiger partial charge in [0.05, 0.1) is 18.6 Å². The molecule has 1 aliphatic heterocycles. The number of rotatable bonds is 5. The number of methoxy groups -OCH3 is 1. The van der Waals surface area contributed by atoms with E-state index in [1.807, 2.05) is 0 Å². The smallest absolute Gasteiger partial charge is 0.328 e. The monoisotopic (exact) mass is 312 g/mol. The third-order valence-electron chi connectivity index (χ3n) is 3.11. The van der Waals surface area contributed by atoms with E-state index in [2.05, 4.69) is 0 Å². The molecular weight excluding hydrogens is 296 g/mol. The van der Waals surface area contributed by atoms with Crippen molar-refractivity contribution < 1.29 is 27.8 Å². The number of benzene rings is 1. The lowest BCUT2D eigenvalue weighted by atomic mass is 10.1. The molecule has 1 fully saturated rings. The van der Waals surface area contributed by atoms with E-state index in [4.69, 9.17) is 14.6 Å². The maximum atomic E-state index is 11.4. The molecule has 1 saturated heterocycles. The maximum absolute atomic E-state index is 11.4. The minimum atomic E-state index is -3.03. The lowest BCUT2D eigenvalue weighted by molar-refractivity contribution is -0.131. The molecule has 114 valence electrons. The number of carboxylic acids is 1. The van der Waals surface area contributed by atoms with E-state index in [1.54, 1.807) is 18.2 Å². The van der Waals surface area contributed by atoms with Crippen LogP contribution in [-0.2, 0) is 14.6 Å². The van der Waals surface area contributed by atoms with Gasteiger partial charge in [-0.15, -0.1) is 0 Å². The molecule has 0 amide bonds. The Hall–Kier alpha value is -2.02. The van der Waals surface area contributed by atoms with Crippen molar-refractivity contribution in [1.29, 1.82) is 0 Å². The van der Waals surface area contributed by atoms with E-state index in [1.165, 1.54) is 13.2 Å². The summed E-state index contributed by atoms with van der Waals surface area (Å²) in [6.45, 7) is 0. The second-order valence-corrected chi connectivity index (χ2v) is 6.95. The summed E-state index contributed by atoms with van der Waals surface area (Å²) < 4.78 is 33.7. The van der Waals surface area contributed by atoms with Crippen LogP contribution < -0.4 is 9.47 Å². The van der Waals surface area contributed by atoms with E-state index in [9.17, 15) is 13.2 Å². The largest absolute Gasteiger partial charge is 0.497 e. The zero-order valence-corrected chi connectivity index (χ0v) is 12.3. The molecule has 1 aromatic carbocycles. The summed E-state index contributed by atoms with van der Waals surface area (Å²) in [7, 11) is -1.52. The SMILES string of the molecule is COc1ccc(OC2CCS(=O)(=O)C2)c(/C=C/C(=O)O)c1. The average molecular weight is 312 g/mol. The van der Waals surface area contributed by atoms with Crippen LogP contribution in [0.3, 0.4) is 0 Å². The fourth-order valence-corrected chi connectivity index (χ4v) is 3.68. The molecule has 7 heteroatoms. The third-order valence-corrected chi connectivity index (χ3v) is 4.84. The summed E-state index contributed by atoms with van der Waals surface area (Å²) in [5, 5.41) is 8.71. The quantitative estimate of drug-likeness (QED) is 0.826. The summed E-state index contributed by atoms with van der Waals surface area (Å²) >= 11 is 0. The fourth-order valence-electron chi connectivity index (χ4n) is 2.09. The van der Waals surface area contributed by atoms with E-state index < -0.39 is 21.9 Å². The van der Waals surface area contributed by atoms with Gasteiger partial charge < -0.3 is 14.6 Å². The molecule has 0 aliphatic carbocycles. The number of ether oxygens (including phenoxy) is 2. The standard InChI is InChI=1S/C14H16O6S/c1-19-11-3-4-13(10(8-11)2-5-14(15)16)20-12-6-7-21(17,18)9-12/h2-5,8,12H,6-7,9H2,1H3,(H,15,16)/b5-2+. The van der Waals surface area contributed by atoms with Gasteiger partial charge in [-0.05, 0) is 30.7 Å². The van der Waals surface area contributed by atoms with Crippen LogP contribution in [0.1, 0.15) is 12.0 Å². The van der Waals surface area contributed by atoms with Crippen LogP contribution >= 0.6 is 0 Å². The fraction of sp³-hybridized carbons (Fsp3) is 0.357.